The second-order valence-electron chi connectivity index (χ2n) is 11.9. The predicted octanol–water partition coefficient (Wildman–Crippen LogP) is 7.55. The minimum Gasteiger partial charge on any atom is -0.472 e. The molecule has 0 saturated carbocycles. The molecule has 0 saturated heterocycles. The van der Waals surface area contributed by atoms with Crippen LogP contribution in [0.15, 0.2) is 176 Å². The monoisotopic (exact) mass is 683 g/mol. The molecule has 0 unspecified atom stereocenters. The summed E-state index contributed by atoms with van der Waals surface area (Å²) in [6, 6.07) is 43.5. The molecule has 0 aliphatic carbocycles. The van der Waals surface area contributed by atoms with E-state index in [4.69, 9.17) is 9.40 Å². The molecule has 0 radical (unpaired) electrons. The fraction of sp³-hybridized carbons (Fsp3) is 0.0476. The van der Waals surface area contributed by atoms with Crippen molar-refractivity contribution in [2.45, 2.75) is 0 Å². The van der Waals surface area contributed by atoms with Gasteiger partial charge < -0.3 is 9.32 Å². The lowest BCUT2D eigenvalue weighted by molar-refractivity contribution is 0.567. The van der Waals surface area contributed by atoms with E-state index in [1.54, 1.807) is 43.2 Å². The van der Waals surface area contributed by atoms with Gasteiger partial charge in [-0.15, -0.1) is 0 Å². The normalized spacial score (nSPS) is 11.3. The Morgan fingerprint density at radius 2 is 1.02 bits per heavy atom. The molecule has 3 heterocycles. The van der Waals surface area contributed by atoms with Crippen molar-refractivity contribution in [3.63, 3.8) is 0 Å². The highest BCUT2D eigenvalue weighted by atomic mass is 16.3. The third-order valence-electron chi connectivity index (χ3n) is 8.17. The van der Waals surface area contributed by atoms with E-state index in [-0.39, 0.29) is 11.1 Å². The summed E-state index contributed by atoms with van der Waals surface area (Å²) in [5.41, 5.74) is 5.36. The number of aromatic nitrogens is 4. The van der Waals surface area contributed by atoms with E-state index in [0.717, 1.165) is 27.9 Å². The Morgan fingerprint density at radius 3 is 1.48 bits per heavy atom. The van der Waals surface area contributed by atoms with Crippen LogP contribution in [-0.2, 0) is 0 Å². The zero-order valence-corrected chi connectivity index (χ0v) is 28.4. The lowest BCUT2D eigenvalue weighted by Crippen LogP contribution is -2.20. The molecular formula is C42H33N7O3. The molecule has 8 aromatic rings. The van der Waals surface area contributed by atoms with E-state index in [2.05, 4.69) is 15.2 Å². The van der Waals surface area contributed by atoms with Gasteiger partial charge in [0.15, 0.2) is 11.6 Å². The average Bonchev–Trinajstić information content (AvgIpc) is 3.72. The molecular weight excluding hydrogens is 651 g/mol. The first kappa shape index (κ1) is 33.3. The second-order valence-corrected chi connectivity index (χ2v) is 11.9. The highest BCUT2D eigenvalue weighted by Gasteiger charge is 2.13. The van der Waals surface area contributed by atoms with Crippen LogP contribution in [0, 0.1) is 0 Å². The summed E-state index contributed by atoms with van der Waals surface area (Å²) >= 11 is 0. The first-order valence-electron chi connectivity index (χ1n) is 16.5. The summed E-state index contributed by atoms with van der Waals surface area (Å²) in [5, 5.41) is 9.88. The van der Waals surface area contributed by atoms with Crippen LogP contribution in [0.5, 0.6) is 0 Å². The zero-order valence-electron chi connectivity index (χ0n) is 28.4. The first-order valence-corrected chi connectivity index (χ1v) is 16.5. The molecule has 52 heavy (non-hydrogen) atoms. The minimum atomic E-state index is -0.209. The van der Waals surface area contributed by atoms with Crippen molar-refractivity contribution in [2.75, 3.05) is 19.0 Å². The Bertz CT molecular complexity index is 2630. The smallest absolute Gasteiger partial charge is 0.282 e. The lowest BCUT2D eigenvalue weighted by Gasteiger charge is -2.12. The maximum absolute atomic E-state index is 13.1. The Balaban J connectivity index is 0.000000164. The van der Waals surface area contributed by atoms with E-state index in [0.29, 0.717) is 33.5 Å². The van der Waals surface area contributed by atoms with Crippen LogP contribution in [0.3, 0.4) is 0 Å². The number of furan rings is 1. The van der Waals surface area contributed by atoms with E-state index in [1.807, 2.05) is 140 Å². The quantitative estimate of drug-likeness (QED) is 0.161. The van der Waals surface area contributed by atoms with Gasteiger partial charge in [0.25, 0.3) is 11.1 Å². The molecule has 0 fully saturated rings. The van der Waals surface area contributed by atoms with Gasteiger partial charge in [0, 0.05) is 36.5 Å². The van der Waals surface area contributed by atoms with E-state index in [9.17, 15) is 9.59 Å². The number of hydrogen-bond donors (Lipinski definition) is 0. The average molecular weight is 684 g/mol. The second kappa shape index (κ2) is 15.1. The van der Waals surface area contributed by atoms with Crippen LogP contribution in [-0.4, -0.2) is 45.8 Å². The lowest BCUT2D eigenvalue weighted by atomic mass is 10.2. The summed E-state index contributed by atoms with van der Waals surface area (Å²) in [5.74, 6) is 1.02. The Labute approximate surface area is 298 Å². The highest BCUT2D eigenvalue weighted by molar-refractivity contribution is 5.83. The van der Waals surface area contributed by atoms with Crippen molar-refractivity contribution in [2.24, 2.45) is 10.2 Å². The molecule has 0 aliphatic heterocycles. The van der Waals surface area contributed by atoms with Gasteiger partial charge in [0.1, 0.15) is 0 Å². The molecule has 5 aromatic carbocycles. The highest BCUT2D eigenvalue weighted by Crippen LogP contribution is 2.20. The molecule has 0 bridgehead atoms. The summed E-state index contributed by atoms with van der Waals surface area (Å²) in [6.07, 6.45) is 6.38. The third kappa shape index (κ3) is 7.22. The summed E-state index contributed by atoms with van der Waals surface area (Å²) in [7, 11) is 3.99. The van der Waals surface area contributed by atoms with Crippen LogP contribution in [0.1, 0.15) is 11.1 Å². The summed E-state index contributed by atoms with van der Waals surface area (Å²) in [4.78, 5) is 37.3. The molecule has 10 nitrogen and oxygen atoms in total. The van der Waals surface area contributed by atoms with E-state index >= 15 is 0 Å². The molecule has 0 atom stereocenters. The maximum Gasteiger partial charge on any atom is 0.282 e. The van der Waals surface area contributed by atoms with Crippen molar-refractivity contribution in [3.05, 3.63) is 184 Å². The van der Waals surface area contributed by atoms with E-state index in [1.165, 1.54) is 9.35 Å². The van der Waals surface area contributed by atoms with Crippen molar-refractivity contribution in [1.29, 1.82) is 0 Å². The van der Waals surface area contributed by atoms with Crippen LogP contribution < -0.4 is 16.0 Å². The largest absolute Gasteiger partial charge is 0.472 e. The summed E-state index contributed by atoms with van der Waals surface area (Å²) in [6.45, 7) is 0. The molecule has 0 aliphatic rings. The standard InChI is InChI=1S/C23H20N4O.C19H13N3O2/c1-26(2)19-14-12-17(13-15-19)16-24-27-22(18-8-4-3-5-9-18)25-21-11-7-6-10-20(21)23(27)28;23-19-16-8-4-5-9-17(16)21-18(15-6-2-1-3-7-15)22(19)20-12-14-10-11-24-13-14/h3-16H,1-2H3;1-13H/b24-16+;20-12+. The number of benzene rings is 5. The molecule has 8 rings (SSSR count). The number of rotatable bonds is 7. The Morgan fingerprint density at radius 1 is 0.558 bits per heavy atom. The van der Waals surface area contributed by atoms with Gasteiger partial charge in [-0.1, -0.05) is 97.1 Å². The maximum atomic E-state index is 13.1. The third-order valence-corrected chi connectivity index (χ3v) is 8.17. The minimum absolute atomic E-state index is 0.189. The SMILES string of the molecule is CN(C)c1ccc(/C=N/n2c(-c3ccccc3)nc3ccccc3c2=O)cc1.O=c1c2ccccc2nc(-c2ccccc2)n1/N=C/c1ccoc1. The number of hydrogen-bond acceptors (Lipinski definition) is 8. The molecule has 10 heteroatoms. The number of anilines is 1. The Kier molecular flexibility index (Phi) is 9.70. The van der Waals surface area contributed by atoms with Crippen molar-refractivity contribution < 1.29 is 4.42 Å². The van der Waals surface area contributed by atoms with Gasteiger partial charge in [-0.05, 0) is 48.0 Å². The van der Waals surface area contributed by atoms with Gasteiger partial charge in [0.2, 0.25) is 0 Å². The molecule has 0 N–H and O–H groups in total. The van der Waals surface area contributed by atoms with Gasteiger partial charge in [-0.3, -0.25) is 9.59 Å². The van der Waals surface area contributed by atoms with Crippen LogP contribution >= 0.6 is 0 Å². The molecule has 0 spiro atoms. The zero-order chi connectivity index (χ0) is 35.9. The molecule has 254 valence electrons. The van der Waals surface area contributed by atoms with Crippen molar-refractivity contribution in [3.8, 4) is 22.8 Å². The fourth-order valence-electron chi connectivity index (χ4n) is 5.47. The fourth-order valence-corrected chi connectivity index (χ4v) is 5.47. The first-order chi connectivity index (χ1) is 25.5. The molecule has 0 amide bonds. The number of fused-ring (bicyclic) bond motifs is 2. The van der Waals surface area contributed by atoms with Crippen LogP contribution in [0.4, 0.5) is 5.69 Å². The van der Waals surface area contributed by atoms with Gasteiger partial charge in [-0.2, -0.15) is 19.6 Å². The van der Waals surface area contributed by atoms with Crippen molar-refractivity contribution >= 4 is 39.9 Å². The Hall–Kier alpha value is -7.20. The van der Waals surface area contributed by atoms with Crippen molar-refractivity contribution in [1.82, 2.24) is 19.3 Å². The topological polar surface area (TPSA) is 111 Å². The number of para-hydroxylation sites is 2. The van der Waals surface area contributed by atoms with E-state index < -0.39 is 0 Å². The summed E-state index contributed by atoms with van der Waals surface area (Å²) < 4.78 is 7.72. The van der Waals surface area contributed by atoms with Crippen LogP contribution in [0.2, 0.25) is 0 Å². The number of nitrogens with zero attached hydrogens (tertiary/aromatic N) is 7. The van der Waals surface area contributed by atoms with Gasteiger partial charge in [0.05, 0.1) is 46.8 Å². The van der Waals surface area contributed by atoms with Gasteiger partial charge >= 0.3 is 0 Å². The molecule has 3 aromatic heterocycles. The van der Waals surface area contributed by atoms with Gasteiger partial charge in [-0.25, -0.2) is 9.97 Å². The predicted molar refractivity (Wildman–Crippen MR) is 208 cm³/mol. The van der Waals surface area contributed by atoms with Crippen LogP contribution in [0.25, 0.3) is 44.6 Å².